The van der Waals surface area contributed by atoms with Crippen LogP contribution in [0.25, 0.3) is 0 Å². The van der Waals surface area contributed by atoms with Crippen molar-refractivity contribution in [3.63, 3.8) is 0 Å². The molecule has 0 bridgehead atoms. The Morgan fingerprint density at radius 3 is 2.30 bits per heavy atom. The van der Waals surface area contributed by atoms with Crippen LogP contribution >= 0.6 is 0 Å². The Balaban J connectivity index is 1.44. The normalized spacial score (nSPS) is 14.4. The first-order chi connectivity index (χ1) is 13.1. The summed E-state index contributed by atoms with van der Waals surface area (Å²) in [6.45, 7) is 7.30. The summed E-state index contributed by atoms with van der Waals surface area (Å²) in [5.41, 5.74) is 1.95. The van der Waals surface area contributed by atoms with Crippen LogP contribution in [0.5, 0.6) is 0 Å². The average Bonchev–Trinajstić information content (AvgIpc) is 3.12. The van der Waals surface area contributed by atoms with Gasteiger partial charge in [-0.25, -0.2) is 4.98 Å². The van der Waals surface area contributed by atoms with Gasteiger partial charge < -0.3 is 14.4 Å². The molecule has 0 unspecified atom stereocenters. The zero-order valence-corrected chi connectivity index (χ0v) is 16.2. The Morgan fingerprint density at radius 1 is 1.04 bits per heavy atom. The van der Waals surface area contributed by atoms with Crippen molar-refractivity contribution >= 4 is 11.8 Å². The molecule has 1 aliphatic rings. The number of carbonyl (C=O) groups excluding carboxylic acids is 2. The summed E-state index contributed by atoms with van der Waals surface area (Å²) in [5, 5.41) is 0. The van der Waals surface area contributed by atoms with Crippen LogP contribution in [0.1, 0.15) is 41.5 Å². The lowest BCUT2D eigenvalue weighted by Gasteiger charge is -2.35. The van der Waals surface area contributed by atoms with Crippen molar-refractivity contribution in [2.45, 2.75) is 39.7 Å². The summed E-state index contributed by atoms with van der Waals surface area (Å²) in [5.74, 6) is 1.20. The van der Waals surface area contributed by atoms with Crippen molar-refractivity contribution in [1.29, 1.82) is 0 Å². The van der Waals surface area contributed by atoms with E-state index in [4.69, 9.17) is 0 Å². The van der Waals surface area contributed by atoms with E-state index < -0.39 is 0 Å². The van der Waals surface area contributed by atoms with Gasteiger partial charge in [-0.15, -0.1) is 0 Å². The van der Waals surface area contributed by atoms with Crippen molar-refractivity contribution in [2.75, 3.05) is 26.2 Å². The van der Waals surface area contributed by atoms with Crippen LogP contribution < -0.4 is 0 Å². The second kappa shape index (κ2) is 8.84. The zero-order valence-electron chi connectivity index (χ0n) is 16.2. The Morgan fingerprint density at radius 2 is 1.70 bits per heavy atom. The van der Waals surface area contributed by atoms with Gasteiger partial charge in [0.15, 0.2) is 0 Å². The molecule has 0 radical (unpaired) electrons. The van der Waals surface area contributed by atoms with Crippen molar-refractivity contribution in [2.24, 2.45) is 0 Å². The molecule has 3 rings (SSSR count). The molecule has 2 amide bonds. The molecule has 6 nitrogen and oxygen atoms in total. The van der Waals surface area contributed by atoms with Crippen molar-refractivity contribution in [1.82, 2.24) is 19.4 Å². The van der Waals surface area contributed by atoms with Gasteiger partial charge >= 0.3 is 0 Å². The first-order valence-corrected chi connectivity index (χ1v) is 9.72. The fraction of sp³-hybridized carbons (Fsp3) is 0.476. The number of imidazole rings is 1. The second-order valence-electron chi connectivity index (χ2n) is 6.99. The number of amides is 2. The molecule has 0 saturated carbocycles. The van der Waals surface area contributed by atoms with E-state index >= 15 is 0 Å². The maximum Gasteiger partial charge on any atom is 0.253 e. The third kappa shape index (κ3) is 4.76. The average molecular weight is 368 g/mol. The lowest BCUT2D eigenvalue weighted by Crippen LogP contribution is -2.50. The second-order valence-corrected chi connectivity index (χ2v) is 6.99. The summed E-state index contributed by atoms with van der Waals surface area (Å²) in [4.78, 5) is 33.0. The molecule has 2 heterocycles. The minimum atomic E-state index is 0.0559. The summed E-state index contributed by atoms with van der Waals surface area (Å²) in [7, 11) is 0. The number of benzene rings is 1. The predicted octanol–water partition coefficient (Wildman–Crippen LogP) is 2.52. The van der Waals surface area contributed by atoms with Gasteiger partial charge in [0.2, 0.25) is 5.91 Å². The number of nitrogens with zero attached hydrogens (tertiary/aromatic N) is 4. The van der Waals surface area contributed by atoms with Crippen LogP contribution in [-0.2, 0) is 17.8 Å². The molecule has 1 aliphatic heterocycles. The standard InChI is InChI=1S/C21H28N4O2/c1-3-18-6-8-19(9-7-18)21(27)25-15-13-24(14-16-25)20(26)5-4-11-23-12-10-22-17(23)2/h6-10,12H,3-5,11,13-16H2,1-2H3. The Labute approximate surface area is 160 Å². The number of carbonyl (C=O) groups is 2. The topological polar surface area (TPSA) is 58.4 Å². The van der Waals surface area contributed by atoms with Gasteiger partial charge in [0, 0.05) is 57.1 Å². The van der Waals surface area contributed by atoms with Gasteiger partial charge in [-0.05, 0) is 37.5 Å². The van der Waals surface area contributed by atoms with Crippen LogP contribution in [0.15, 0.2) is 36.7 Å². The third-order valence-electron chi connectivity index (χ3n) is 5.24. The van der Waals surface area contributed by atoms with Crippen LogP contribution in [0.3, 0.4) is 0 Å². The van der Waals surface area contributed by atoms with E-state index in [2.05, 4.69) is 16.5 Å². The molecule has 0 N–H and O–H groups in total. The summed E-state index contributed by atoms with van der Waals surface area (Å²) in [6, 6.07) is 7.82. The van der Waals surface area contributed by atoms with Gasteiger partial charge in [-0.3, -0.25) is 9.59 Å². The molecule has 144 valence electrons. The first-order valence-electron chi connectivity index (χ1n) is 9.72. The Kier molecular flexibility index (Phi) is 6.27. The molecule has 0 aliphatic carbocycles. The number of aryl methyl sites for hydroxylation is 3. The first kappa shape index (κ1) is 19.1. The minimum absolute atomic E-state index is 0.0559. The molecular weight excluding hydrogens is 340 g/mol. The maximum atomic E-state index is 12.6. The van der Waals surface area contributed by atoms with Gasteiger partial charge in [0.25, 0.3) is 5.91 Å². The number of rotatable bonds is 6. The van der Waals surface area contributed by atoms with Crippen molar-refractivity contribution in [3.05, 3.63) is 53.6 Å². The van der Waals surface area contributed by atoms with E-state index in [1.54, 1.807) is 6.20 Å². The summed E-state index contributed by atoms with van der Waals surface area (Å²) in [6.07, 6.45) is 6.03. The number of hydrogen-bond acceptors (Lipinski definition) is 3. The highest BCUT2D eigenvalue weighted by Gasteiger charge is 2.24. The minimum Gasteiger partial charge on any atom is -0.339 e. The highest BCUT2D eigenvalue weighted by molar-refractivity contribution is 5.94. The van der Waals surface area contributed by atoms with Gasteiger partial charge in [0.05, 0.1) is 0 Å². The molecule has 6 heteroatoms. The van der Waals surface area contributed by atoms with Crippen molar-refractivity contribution in [3.8, 4) is 0 Å². The molecule has 1 aromatic heterocycles. The molecule has 1 fully saturated rings. The lowest BCUT2D eigenvalue weighted by molar-refractivity contribution is -0.132. The monoisotopic (exact) mass is 368 g/mol. The summed E-state index contributed by atoms with van der Waals surface area (Å²) >= 11 is 0. The fourth-order valence-electron chi connectivity index (χ4n) is 3.42. The van der Waals surface area contributed by atoms with Gasteiger partial charge in [-0.2, -0.15) is 0 Å². The van der Waals surface area contributed by atoms with Crippen LogP contribution in [-0.4, -0.2) is 57.3 Å². The number of aromatic nitrogens is 2. The largest absolute Gasteiger partial charge is 0.339 e. The molecule has 0 spiro atoms. The quantitative estimate of drug-likeness (QED) is 0.787. The fourth-order valence-corrected chi connectivity index (χ4v) is 3.42. The molecule has 2 aromatic rings. The van der Waals surface area contributed by atoms with Crippen LogP contribution in [0.4, 0.5) is 0 Å². The number of piperazine rings is 1. The molecular formula is C21H28N4O2. The smallest absolute Gasteiger partial charge is 0.253 e. The Bertz CT molecular complexity index is 774. The van der Waals surface area contributed by atoms with E-state index in [0.29, 0.717) is 32.6 Å². The van der Waals surface area contributed by atoms with E-state index in [1.165, 1.54) is 5.56 Å². The van der Waals surface area contributed by atoms with E-state index in [9.17, 15) is 9.59 Å². The van der Waals surface area contributed by atoms with Crippen LogP contribution in [0, 0.1) is 6.92 Å². The summed E-state index contributed by atoms with van der Waals surface area (Å²) < 4.78 is 2.06. The highest BCUT2D eigenvalue weighted by Crippen LogP contribution is 2.12. The van der Waals surface area contributed by atoms with E-state index in [-0.39, 0.29) is 11.8 Å². The van der Waals surface area contributed by atoms with E-state index in [0.717, 1.165) is 30.8 Å². The van der Waals surface area contributed by atoms with Crippen LogP contribution in [0.2, 0.25) is 0 Å². The van der Waals surface area contributed by atoms with Gasteiger partial charge in [0.1, 0.15) is 5.82 Å². The van der Waals surface area contributed by atoms with Crippen molar-refractivity contribution < 1.29 is 9.59 Å². The SMILES string of the molecule is CCc1ccc(C(=O)N2CCN(C(=O)CCCn3ccnc3C)CC2)cc1. The molecule has 1 saturated heterocycles. The third-order valence-corrected chi connectivity index (χ3v) is 5.24. The predicted molar refractivity (Wildman–Crippen MR) is 105 cm³/mol. The molecule has 27 heavy (non-hydrogen) atoms. The number of hydrogen-bond donors (Lipinski definition) is 0. The van der Waals surface area contributed by atoms with Gasteiger partial charge in [-0.1, -0.05) is 19.1 Å². The molecule has 0 atom stereocenters. The zero-order chi connectivity index (χ0) is 19.2. The van der Waals surface area contributed by atoms with E-state index in [1.807, 2.05) is 47.2 Å². The highest BCUT2D eigenvalue weighted by atomic mass is 16.2. The lowest BCUT2D eigenvalue weighted by atomic mass is 10.1. The Hall–Kier alpha value is -2.63. The maximum absolute atomic E-state index is 12.6. The molecule has 1 aromatic carbocycles.